The third-order valence-corrected chi connectivity index (χ3v) is 5.45. The Kier molecular flexibility index (Phi) is 17.0. The van der Waals surface area contributed by atoms with E-state index in [9.17, 15) is 15.1 Å². The number of likely N-dealkylation sites (N-methyl/N-ethyl adjacent to an activating group) is 1. The van der Waals surface area contributed by atoms with Crippen LogP contribution in [0.1, 0.15) is 123 Å². The van der Waals surface area contributed by atoms with Crippen LogP contribution in [0.5, 0.6) is 0 Å². The molecule has 0 aliphatic rings. The second-order valence-corrected chi connectivity index (χ2v) is 7.89. The third-order valence-electron chi connectivity index (χ3n) is 5.45. The molecule has 0 spiro atoms. The van der Waals surface area contributed by atoms with E-state index in [-0.39, 0.29) is 13.0 Å². The second kappa shape index (κ2) is 17.4. The van der Waals surface area contributed by atoms with Crippen molar-refractivity contribution in [2.45, 2.75) is 129 Å². The molecule has 0 saturated carbocycles. The van der Waals surface area contributed by atoms with Crippen molar-refractivity contribution in [1.82, 2.24) is 5.06 Å². The summed E-state index contributed by atoms with van der Waals surface area (Å²) in [5.74, 6) is -1.38. The van der Waals surface area contributed by atoms with E-state index in [0.717, 1.165) is 12.8 Å². The molecule has 0 fully saturated rings. The molecule has 0 heterocycles. The van der Waals surface area contributed by atoms with Gasteiger partial charge in [-0.25, -0.2) is 4.79 Å². The van der Waals surface area contributed by atoms with E-state index in [0.29, 0.717) is 11.5 Å². The lowest BCUT2D eigenvalue weighted by molar-refractivity contribution is -0.263. The van der Waals surface area contributed by atoms with E-state index in [2.05, 4.69) is 6.92 Å². The molecule has 27 heavy (non-hydrogen) atoms. The van der Waals surface area contributed by atoms with Crippen molar-refractivity contribution in [2.24, 2.45) is 0 Å². The molecule has 0 aliphatic heterocycles. The standard InChI is InChI=1S/C22H45NO4/c1-3-5-6-7-8-9-10-11-12-13-14-15-16-17-18-19-20-22(26,21(24)25)23(27)4-2/h26-27H,3-20H2,1-2H3,(H,24,25). The highest BCUT2D eigenvalue weighted by atomic mass is 16.6. The van der Waals surface area contributed by atoms with Crippen LogP contribution in [-0.2, 0) is 4.79 Å². The Morgan fingerprint density at radius 3 is 1.33 bits per heavy atom. The summed E-state index contributed by atoms with van der Waals surface area (Å²) in [6, 6.07) is 0. The smallest absolute Gasteiger partial charge is 0.353 e. The molecule has 0 amide bonds. The largest absolute Gasteiger partial charge is 0.478 e. The Morgan fingerprint density at radius 1 is 0.704 bits per heavy atom. The predicted molar refractivity (Wildman–Crippen MR) is 111 cm³/mol. The minimum Gasteiger partial charge on any atom is -0.478 e. The van der Waals surface area contributed by atoms with Crippen molar-refractivity contribution >= 4 is 5.97 Å². The molecule has 0 radical (unpaired) electrons. The molecule has 3 N–H and O–H groups in total. The Morgan fingerprint density at radius 2 is 1.04 bits per heavy atom. The molecule has 0 rings (SSSR count). The van der Waals surface area contributed by atoms with Gasteiger partial charge in [-0.1, -0.05) is 103 Å². The lowest BCUT2D eigenvalue weighted by atomic mass is 10.0. The number of carboxylic acid groups (broad SMARTS) is 1. The number of nitrogens with zero attached hydrogens (tertiary/aromatic N) is 1. The van der Waals surface area contributed by atoms with Crippen LogP contribution in [0.2, 0.25) is 0 Å². The van der Waals surface area contributed by atoms with Gasteiger partial charge in [0.1, 0.15) is 0 Å². The van der Waals surface area contributed by atoms with Crippen LogP contribution >= 0.6 is 0 Å². The fourth-order valence-electron chi connectivity index (χ4n) is 3.53. The summed E-state index contributed by atoms with van der Waals surface area (Å²) in [6.45, 7) is 3.96. The van der Waals surface area contributed by atoms with Gasteiger partial charge in [-0.15, -0.1) is 0 Å². The molecule has 0 aromatic rings. The van der Waals surface area contributed by atoms with Gasteiger partial charge in [0.2, 0.25) is 5.72 Å². The van der Waals surface area contributed by atoms with E-state index < -0.39 is 11.7 Å². The summed E-state index contributed by atoms with van der Waals surface area (Å²) >= 11 is 0. The Hall–Kier alpha value is -0.650. The minimum atomic E-state index is -2.15. The number of hydroxylamine groups is 2. The summed E-state index contributed by atoms with van der Waals surface area (Å²) in [5, 5.41) is 29.2. The lowest BCUT2D eigenvalue weighted by Gasteiger charge is -2.30. The average Bonchev–Trinajstić information content (AvgIpc) is 2.66. The van der Waals surface area contributed by atoms with Crippen molar-refractivity contribution < 1.29 is 20.2 Å². The molecule has 1 atom stereocenters. The van der Waals surface area contributed by atoms with Gasteiger partial charge in [-0.2, -0.15) is 5.06 Å². The number of aliphatic hydroxyl groups is 1. The van der Waals surface area contributed by atoms with Crippen molar-refractivity contribution in [3.8, 4) is 0 Å². The van der Waals surface area contributed by atoms with Crippen molar-refractivity contribution in [3.05, 3.63) is 0 Å². The van der Waals surface area contributed by atoms with Gasteiger partial charge < -0.3 is 15.4 Å². The summed E-state index contributed by atoms with van der Waals surface area (Å²) < 4.78 is 0. The van der Waals surface area contributed by atoms with Gasteiger partial charge in [0.05, 0.1) is 0 Å². The summed E-state index contributed by atoms with van der Waals surface area (Å²) in [7, 11) is 0. The molecule has 0 aliphatic carbocycles. The van der Waals surface area contributed by atoms with E-state index >= 15 is 0 Å². The zero-order valence-corrected chi connectivity index (χ0v) is 17.9. The highest BCUT2D eigenvalue weighted by Gasteiger charge is 2.40. The van der Waals surface area contributed by atoms with Gasteiger partial charge in [0.15, 0.2) is 0 Å². The molecule has 0 aromatic heterocycles. The topological polar surface area (TPSA) is 81.0 Å². The van der Waals surface area contributed by atoms with Crippen LogP contribution in [0.15, 0.2) is 0 Å². The van der Waals surface area contributed by atoms with Gasteiger partial charge in [-0.3, -0.25) is 0 Å². The van der Waals surface area contributed by atoms with Crippen LogP contribution in [0.3, 0.4) is 0 Å². The van der Waals surface area contributed by atoms with E-state index in [1.54, 1.807) is 6.92 Å². The van der Waals surface area contributed by atoms with Gasteiger partial charge in [0.25, 0.3) is 0 Å². The van der Waals surface area contributed by atoms with Crippen LogP contribution in [0.25, 0.3) is 0 Å². The summed E-state index contributed by atoms with van der Waals surface area (Å²) in [5.41, 5.74) is -2.15. The van der Waals surface area contributed by atoms with Crippen LogP contribution in [0.4, 0.5) is 0 Å². The number of carbonyl (C=O) groups is 1. The Labute approximate surface area is 167 Å². The van der Waals surface area contributed by atoms with Crippen molar-refractivity contribution in [3.63, 3.8) is 0 Å². The summed E-state index contributed by atoms with van der Waals surface area (Å²) in [4.78, 5) is 11.2. The number of carboxylic acids is 1. The first-order chi connectivity index (χ1) is 13.0. The highest BCUT2D eigenvalue weighted by molar-refractivity contribution is 5.76. The Balaban J connectivity index is 3.41. The molecule has 5 nitrogen and oxygen atoms in total. The van der Waals surface area contributed by atoms with Crippen LogP contribution in [0, 0.1) is 0 Å². The summed E-state index contributed by atoms with van der Waals surface area (Å²) in [6.07, 6.45) is 20.1. The van der Waals surface area contributed by atoms with E-state index in [1.807, 2.05) is 0 Å². The average molecular weight is 388 g/mol. The lowest BCUT2D eigenvalue weighted by Crippen LogP contribution is -2.53. The predicted octanol–water partition coefficient (Wildman–Crippen LogP) is 6.12. The maximum absolute atomic E-state index is 11.2. The molecular weight excluding hydrogens is 342 g/mol. The fourth-order valence-corrected chi connectivity index (χ4v) is 3.53. The van der Waals surface area contributed by atoms with E-state index in [1.165, 1.54) is 83.5 Å². The van der Waals surface area contributed by atoms with Gasteiger partial charge in [0, 0.05) is 13.0 Å². The molecule has 0 aromatic carbocycles. The maximum Gasteiger partial charge on any atom is 0.353 e. The molecule has 0 saturated heterocycles. The second-order valence-electron chi connectivity index (χ2n) is 7.89. The fraction of sp³-hybridized carbons (Fsp3) is 0.955. The van der Waals surface area contributed by atoms with E-state index in [4.69, 9.17) is 5.11 Å². The first-order valence-corrected chi connectivity index (χ1v) is 11.4. The van der Waals surface area contributed by atoms with Crippen LogP contribution in [-0.4, -0.2) is 38.7 Å². The zero-order valence-electron chi connectivity index (χ0n) is 17.9. The van der Waals surface area contributed by atoms with Crippen molar-refractivity contribution in [2.75, 3.05) is 6.54 Å². The van der Waals surface area contributed by atoms with Crippen molar-refractivity contribution in [1.29, 1.82) is 0 Å². The normalized spacial score (nSPS) is 13.8. The zero-order chi connectivity index (χ0) is 20.4. The molecule has 1 unspecified atom stereocenters. The van der Waals surface area contributed by atoms with Crippen LogP contribution < -0.4 is 0 Å². The number of aliphatic carboxylic acids is 1. The molecule has 0 bridgehead atoms. The molecular formula is C22H45NO4. The first-order valence-electron chi connectivity index (χ1n) is 11.4. The number of hydrogen-bond acceptors (Lipinski definition) is 4. The SMILES string of the molecule is CCCCCCCCCCCCCCCCCCC(O)(C(=O)O)N(O)CC. The monoisotopic (exact) mass is 387 g/mol. The van der Waals surface area contributed by atoms with Gasteiger partial charge in [-0.05, 0) is 13.3 Å². The quantitative estimate of drug-likeness (QED) is 0.133. The van der Waals surface area contributed by atoms with Gasteiger partial charge >= 0.3 is 5.97 Å². The number of rotatable bonds is 20. The number of unbranched alkanes of at least 4 members (excludes halogenated alkanes) is 15. The highest BCUT2D eigenvalue weighted by Crippen LogP contribution is 2.20. The third kappa shape index (κ3) is 13.2. The maximum atomic E-state index is 11.2. The Bertz CT molecular complexity index is 351. The molecule has 162 valence electrons. The molecule has 5 heteroatoms. The minimum absolute atomic E-state index is 0.0606. The number of hydrogen-bond donors (Lipinski definition) is 3. The first kappa shape index (κ1) is 26.4.